The maximum absolute atomic E-state index is 11.2. The van der Waals surface area contributed by atoms with Crippen LogP contribution in [0.3, 0.4) is 0 Å². The summed E-state index contributed by atoms with van der Waals surface area (Å²) in [7, 11) is 1.42. The highest BCUT2D eigenvalue weighted by Crippen LogP contribution is 2.08. The van der Waals surface area contributed by atoms with E-state index in [1.54, 1.807) is 0 Å². The first-order valence-corrected chi connectivity index (χ1v) is 5.99. The molecule has 0 unspecified atom stereocenters. The minimum absolute atomic E-state index is 0.201. The molecule has 0 saturated carbocycles. The number of methoxy groups -OCH3 is 1. The third-order valence-electron chi connectivity index (χ3n) is 2.28. The largest absolute Gasteiger partial charge is 0.466 e. The average Bonchev–Trinajstić information content (AvgIpc) is 2.32. The van der Waals surface area contributed by atoms with Crippen molar-refractivity contribution in [3.63, 3.8) is 0 Å². The molecule has 0 saturated heterocycles. The van der Waals surface area contributed by atoms with Gasteiger partial charge in [0, 0.05) is 18.4 Å². The van der Waals surface area contributed by atoms with E-state index >= 15 is 0 Å². The van der Waals surface area contributed by atoms with Crippen LogP contribution in [-0.4, -0.2) is 13.1 Å². The first-order chi connectivity index (χ1) is 7.76. The van der Waals surface area contributed by atoms with Crippen molar-refractivity contribution in [2.75, 3.05) is 7.11 Å². The van der Waals surface area contributed by atoms with Gasteiger partial charge in [0.2, 0.25) is 0 Å². The van der Waals surface area contributed by atoms with Gasteiger partial charge in [0.15, 0.2) is 0 Å². The Morgan fingerprint density at radius 3 is 2.56 bits per heavy atom. The van der Waals surface area contributed by atoms with Crippen LogP contribution in [0.2, 0.25) is 0 Å². The summed E-state index contributed by atoms with van der Waals surface area (Å²) in [5.41, 5.74) is 0.780. The summed E-state index contributed by atoms with van der Waals surface area (Å²) < 4.78 is 4.68. The van der Waals surface area contributed by atoms with Gasteiger partial charge in [-0.2, -0.15) is 0 Å². The Bertz CT molecular complexity index is 279. The number of allylic oxidation sites excluding steroid dienone is 1. The molecule has 2 heteroatoms. The van der Waals surface area contributed by atoms with E-state index in [4.69, 9.17) is 0 Å². The third kappa shape index (κ3) is 7.11. The van der Waals surface area contributed by atoms with Crippen LogP contribution in [0.4, 0.5) is 0 Å². The van der Waals surface area contributed by atoms with Gasteiger partial charge in [-0.25, -0.2) is 4.79 Å². The lowest BCUT2D eigenvalue weighted by Gasteiger charge is -2.01. The predicted molar refractivity (Wildman–Crippen MR) is 66.9 cm³/mol. The molecule has 0 radical (unpaired) electrons. The molecule has 0 heterocycles. The number of hydrogen-bond donors (Lipinski definition) is 0. The standard InChI is InChI=1S/C14H22O2/c1-4-6-7-8-9-10-11-12-13(5-2)14(15)16-3/h12H,4-5,8-11H2,1-3H3/b13-12+. The van der Waals surface area contributed by atoms with Gasteiger partial charge in [-0.15, -0.1) is 11.8 Å². The quantitative estimate of drug-likeness (QED) is 0.298. The van der Waals surface area contributed by atoms with Gasteiger partial charge >= 0.3 is 5.97 Å². The van der Waals surface area contributed by atoms with Gasteiger partial charge in [-0.05, 0) is 25.7 Å². The molecule has 0 aromatic carbocycles. The summed E-state index contributed by atoms with van der Waals surface area (Å²) in [5, 5.41) is 0. The van der Waals surface area contributed by atoms with E-state index < -0.39 is 0 Å². The molecule has 0 N–H and O–H groups in total. The van der Waals surface area contributed by atoms with Gasteiger partial charge in [0.05, 0.1) is 7.11 Å². The maximum atomic E-state index is 11.2. The fraction of sp³-hybridized carbons (Fsp3) is 0.643. The van der Waals surface area contributed by atoms with Crippen LogP contribution in [0.15, 0.2) is 11.6 Å². The summed E-state index contributed by atoms with van der Waals surface area (Å²) in [6.07, 6.45) is 7.73. The molecule has 0 aromatic heterocycles. The number of rotatable bonds is 6. The molecule has 0 aromatic rings. The molecular weight excluding hydrogens is 200 g/mol. The Balaban J connectivity index is 3.76. The number of carbonyl (C=O) groups excluding carboxylic acids is 1. The second-order valence-corrected chi connectivity index (χ2v) is 3.53. The van der Waals surface area contributed by atoms with Crippen LogP contribution in [-0.2, 0) is 9.53 Å². The van der Waals surface area contributed by atoms with E-state index in [1.807, 2.05) is 13.0 Å². The lowest BCUT2D eigenvalue weighted by molar-refractivity contribution is -0.136. The van der Waals surface area contributed by atoms with Gasteiger partial charge in [0.1, 0.15) is 0 Å². The monoisotopic (exact) mass is 222 g/mol. The van der Waals surface area contributed by atoms with Crippen LogP contribution in [0.5, 0.6) is 0 Å². The SMILES string of the molecule is CCC#CCCCC/C=C(\CC)C(=O)OC. The van der Waals surface area contributed by atoms with Crippen molar-refractivity contribution in [3.8, 4) is 11.8 Å². The van der Waals surface area contributed by atoms with Crippen LogP contribution in [0.25, 0.3) is 0 Å². The fourth-order valence-electron chi connectivity index (χ4n) is 1.35. The Hall–Kier alpha value is -1.23. The van der Waals surface area contributed by atoms with E-state index in [1.165, 1.54) is 7.11 Å². The zero-order chi connectivity index (χ0) is 12.2. The molecule has 0 atom stereocenters. The topological polar surface area (TPSA) is 26.3 Å². The van der Waals surface area contributed by atoms with Crippen LogP contribution < -0.4 is 0 Å². The number of ether oxygens (including phenoxy) is 1. The van der Waals surface area contributed by atoms with Crippen molar-refractivity contribution in [1.29, 1.82) is 0 Å². The van der Waals surface area contributed by atoms with Crippen LogP contribution in [0, 0.1) is 11.8 Å². The molecule has 0 aliphatic rings. The number of esters is 1. The number of carbonyl (C=O) groups is 1. The van der Waals surface area contributed by atoms with Gasteiger partial charge in [-0.1, -0.05) is 19.9 Å². The Labute approximate surface area is 99.1 Å². The van der Waals surface area contributed by atoms with E-state index in [2.05, 4.69) is 23.5 Å². The Morgan fingerprint density at radius 1 is 1.25 bits per heavy atom. The zero-order valence-electron chi connectivity index (χ0n) is 10.6. The zero-order valence-corrected chi connectivity index (χ0v) is 10.6. The molecule has 0 amide bonds. The summed E-state index contributed by atoms with van der Waals surface area (Å²) in [6, 6.07) is 0. The van der Waals surface area contributed by atoms with Crippen molar-refractivity contribution in [2.45, 2.75) is 52.4 Å². The lowest BCUT2D eigenvalue weighted by Crippen LogP contribution is -2.03. The lowest BCUT2D eigenvalue weighted by atomic mass is 10.1. The molecule has 0 aliphatic heterocycles. The van der Waals surface area contributed by atoms with Crippen molar-refractivity contribution >= 4 is 5.97 Å². The van der Waals surface area contributed by atoms with Crippen LogP contribution in [0.1, 0.15) is 52.4 Å². The van der Waals surface area contributed by atoms with E-state index in [9.17, 15) is 4.79 Å². The van der Waals surface area contributed by atoms with Gasteiger partial charge < -0.3 is 4.74 Å². The molecule has 0 rings (SSSR count). The van der Waals surface area contributed by atoms with Gasteiger partial charge in [0.25, 0.3) is 0 Å². The highest BCUT2D eigenvalue weighted by molar-refractivity contribution is 5.88. The average molecular weight is 222 g/mol. The fourth-order valence-corrected chi connectivity index (χ4v) is 1.35. The summed E-state index contributed by atoms with van der Waals surface area (Å²) >= 11 is 0. The smallest absolute Gasteiger partial charge is 0.333 e. The van der Waals surface area contributed by atoms with Crippen molar-refractivity contribution in [1.82, 2.24) is 0 Å². The number of hydrogen-bond acceptors (Lipinski definition) is 2. The summed E-state index contributed by atoms with van der Waals surface area (Å²) in [6.45, 7) is 4.02. The molecule has 0 spiro atoms. The van der Waals surface area contributed by atoms with Crippen molar-refractivity contribution in [2.24, 2.45) is 0 Å². The molecule has 0 bridgehead atoms. The Morgan fingerprint density at radius 2 is 2.00 bits per heavy atom. The van der Waals surface area contributed by atoms with Crippen LogP contribution >= 0.6 is 0 Å². The maximum Gasteiger partial charge on any atom is 0.333 e. The number of unbranched alkanes of at least 4 members (excludes halogenated alkanes) is 3. The Kier molecular flexibility index (Phi) is 9.50. The van der Waals surface area contributed by atoms with E-state index in [-0.39, 0.29) is 5.97 Å². The highest BCUT2D eigenvalue weighted by Gasteiger charge is 2.05. The predicted octanol–water partition coefficient (Wildman–Crippen LogP) is 3.47. The first kappa shape index (κ1) is 14.8. The molecular formula is C14H22O2. The van der Waals surface area contributed by atoms with E-state index in [0.29, 0.717) is 0 Å². The summed E-state index contributed by atoms with van der Waals surface area (Å²) in [4.78, 5) is 11.2. The second kappa shape index (κ2) is 10.3. The van der Waals surface area contributed by atoms with Crippen molar-refractivity contribution in [3.05, 3.63) is 11.6 Å². The van der Waals surface area contributed by atoms with E-state index in [0.717, 1.165) is 44.1 Å². The minimum Gasteiger partial charge on any atom is -0.466 e. The van der Waals surface area contributed by atoms with Crippen molar-refractivity contribution < 1.29 is 9.53 Å². The first-order valence-electron chi connectivity index (χ1n) is 5.99. The second-order valence-electron chi connectivity index (χ2n) is 3.53. The minimum atomic E-state index is -0.201. The molecule has 90 valence electrons. The van der Waals surface area contributed by atoms with Gasteiger partial charge in [-0.3, -0.25) is 0 Å². The molecule has 0 fully saturated rings. The molecule has 2 nitrogen and oxygen atoms in total. The molecule has 16 heavy (non-hydrogen) atoms. The summed E-state index contributed by atoms with van der Waals surface area (Å²) in [5.74, 6) is 5.96. The normalized spacial score (nSPS) is 10.6. The molecule has 0 aliphatic carbocycles. The highest BCUT2D eigenvalue weighted by atomic mass is 16.5. The third-order valence-corrected chi connectivity index (χ3v) is 2.28.